The molecule has 0 atom stereocenters. The standard InChI is InChI=1S/C12H11ClOS/c1-9(14)11-6-5-10(8-12(11)13)4-2-3-7-15/h5-6,8,15H,3,7H2,1H3. The van der Waals surface area contributed by atoms with E-state index in [2.05, 4.69) is 24.5 Å². The summed E-state index contributed by atoms with van der Waals surface area (Å²) in [4.78, 5) is 11.1. The van der Waals surface area contributed by atoms with Crippen LogP contribution < -0.4 is 0 Å². The van der Waals surface area contributed by atoms with Gasteiger partial charge in [-0.05, 0) is 25.1 Å². The van der Waals surface area contributed by atoms with E-state index in [1.807, 2.05) is 0 Å². The number of benzene rings is 1. The molecule has 0 bridgehead atoms. The number of halogens is 1. The molecule has 1 rings (SSSR count). The van der Waals surface area contributed by atoms with E-state index in [0.717, 1.165) is 17.7 Å². The zero-order valence-corrected chi connectivity index (χ0v) is 10.0. The maximum absolute atomic E-state index is 11.1. The third-order valence-electron chi connectivity index (χ3n) is 1.82. The van der Waals surface area contributed by atoms with E-state index >= 15 is 0 Å². The summed E-state index contributed by atoms with van der Waals surface area (Å²) < 4.78 is 0. The molecule has 0 saturated heterocycles. The first-order valence-corrected chi connectivity index (χ1v) is 5.56. The van der Waals surface area contributed by atoms with Crippen LogP contribution in [-0.2, 0) is 0 Å². The zero-order valence-electron chi connectivity index (χ0n) is 8.38. The quantitative estimate of drug-likeness (QED) is 0.476. The molecule has 0 aliphatic heterocycles. The topological polar surface area (TPSA) is 17.1 Å². The van der Waals surface area contributed by atoms with Crippen molar-refractivity contribution in [1.82, 2.24) is 0 Å². The number of carbonyl (C=O) groups is 1. The average molecular weight is 239 g/mol. The van der Waals surface area contributed by atoms with Gasteiger partial charge >= 0.3 is 0 Å². The minimum absolute atomic E-state index is 0.0325. The van der Waals surface area contributed by atoms with Gasteiger partial charge in [0, 0.05) is 23.3 Å². The van der Waals surface area contributed by atoms with Crippen molar-refractivity contribution in [2.24, 2.45) is 0 Å². The van der Waals surface area contributed by atoms with Crippen molar-refractivity contribution in [3.8, 4) is 11.8 Å². The highest BCUT2D eigenvalue weighted by Gasteiger charge is 2.04. The second-order valence-corrected chi connectivity index (χ2v) is 3.88. The minimum atomic E-state index is -0.0325. The van der Waals surface area contributed by atoms with Crippen LogP contribution in [0, 0.1) is 11.8 Å². The molecule has 0 unspecified atom stereocenters. The highest BCUT2D eigenvalue weighted by molar-refractivity contribution is 7.80. The van der Waals surface area contributed by atoms with Crippen molar-refractivity contribution >= 4 is 30.0 Å². The van der Waals surface area contributed by atoms with E-state index < -0.39 is 0 Å². The van der Waals surface area contributed by atoms with Crippen LogP contribution in [0.5, 0.6) is 0 Å². The number of ketones is 1. The molecule has 0 heterocycles. The summed E-state index contributed by atoms with van der Waals surface area (Å²) in [6, 6.07) is 5.22. The summed E-state index contributed by atoms with van der Waals surface area (Å²) in [5, 5.41) is 0.458. The third-order valence-corrected chi connectivity index (χ3v) is 2.35. The van der Waals surface area contributed by atoms with Crippen LogP contribution in [0.25, 0.3) is 0 Å². The summed E-state index contributed by atoms with van der Waals surface area (Å²) in [5.41, 5.74) is 1.36. The van der Waals surface area contributed by atoms with Crippen LogP contribution in [0.3, 0.4) is 0 Å². The van der Waals surface area contributed by atoms with E-state index in [9.17, 15) is 4.79 Å². The fraction of sp³-hybridized carbons (Fsp3) is 0.250. The first-order chi connectivity index (χ1) is 7.15. The van der Waals surface area contributed by atoms with Gasteiger partial charge in [0.2, 0.25) is 0 Å². The Morgan fingerprint density at radius 1 is 1.53 bits per heavy atom. The Morgan fingerprint density at radius 2 is 2.27 bits per heavy atom. The summed E-state index contributed by atoms with van der Waals surface area (Å²) in [5.74, 6) is 6.62. The summed E-state index contributed by atoms with van der Waals surface area (Å²) in [6.45, 7) is 1.49. The SMILES string of the molecule is CC(=O)c1ccc(C#CCCS)cc1Cl. The second kappa shape index (κ2) is 5.85. The lowest BCUT2D eigenvalue weighted by atomic mass is 10.1. The van der Waals surface area contributed by atoms with E-state index in [1.165, 1.54) is 6.92 Å². The van der Waals surface area contributed by atoms with Gasteiger partial charge in [-0.1, -0.05) is 23.4 Å². The molecule has 0 saturated carbocycles. The number of rotatable bonds is 2. The fourth-order valence-electron chi connectivity index (χ4n) is 1.10. The average Bonchev–Trinajstić information content (AvgIpc) is 2.17. The van der Waals surface area contributed by atoms with Crippen LogP contribution >= 0.6 is 24.2 Å². The van der Waals surface area contributed by atoms with Crippen molar-refractivity contribution in [2.45, 2.75) is 13.3 Å². The lowest BCUT2D eigenvalue weighted by Crippen LogP contribution is -1.93. The maximum atomic E-state index is 11.1. The van der Waals surface area contributed by atoms with Crippen LogP contribution in [0.4, 0.5) is 0 Å². The van der Waals surface area contributed by atoms with Gasteiger partial charge in [-0.3, -0.25) is 4.79 Å². The Morgan fingerprint density at radius 3 is 2.80 bits per heavy atom. The lowest BCUT2D eigenvalue weighted by molar-refractivity contribution is 0.101. The van der Waals surface area contributed by atoms with Crippen LogP contribution in [-0.4, -0.2) is 11.5 Å². The van der Waals surface area contributed by atoms with Gasteiger partial charge < -0.3 is 0 Å². The molecule has 0 aliphatic rings. The Hall–Kier alpha value is -0.910. The summed E-state index contributed by atoms with van der Waals surface area (Å²) >= 11 is 9.99. The highest BCUT2D eigenvalue weighted by atomic mass is 35.5. The van der Waals surface area contributed by atoms with Crippen molar-refractivity contribution in [3.63, 3.8) is 0 Å². The first kappa shape index (κ1) is 12.2. The number of thiol groups is 1. The Bertz CT molecular complexity index is 429. The highest BCUT2D eigenvalue weighted by Crippen LogP contribution is 2.17. The van der Waals surface area contributed by atoms with Gasteiger partial charge in [-0.2, -0.15) is 12.6 Å². The van der Waals surface area contributed by atoms with Crippen molar-refractivity contribution in [1.29, 1.82) is 0 Å². The predicted molar refractivity (Wildman–Crippen MR) is 66.8 cm³/mol. The van der Waals surface area contributed by atoms with Crippen LogP contribution in [0.2, 0.25) is 5.02 Å². The van der Waals surface area contributed by atoms with Gasteiger partial charge in [0.15, 0.2) is 5.78 Å². The molecule has 1 nitrogen and oxygen atoms in total. The normalized spacial score (nSPS) is 9.27. The molecule has 15 heavy (non-hydrogen) atoms. The van der Waals surface area contributed by atoms with Crippen molar-refractivity contribution in [3.05, 3.63) is 34.3 Å². The molecule has 0 amide bonds. The van der Waals surface area contributed by atoms with E-state index in [1.54, 1.807) is 18.2 Å². The monoisotopic (exact) mass is 238 g/mol. The van der Waals surface area contributed by atoms with Gasteiger partial charge in [0.1, 0.15) is 0 Å². The molecule has 0 fully saturated rings. The Balaban J connectivity index is 2.93. The van der Waals surface area contributed by atoms with Gasteiger partial charge in [-0.15, -0.1) is 0 Å². The molecular weight excluding hydrogens is 228 g/mol. The van der Waals surface area contributed by atoms with Gasteiger partial charge in [0.05, 0.1) is 5.02 Å². The molecule has 0 spiro atoms. The van der Waals surface area contributed by atoms with Gasteiger partial charge in [0.25, 0.3) is 0 Å². The molecule has 1 aromatic rings. The Kier molecular flexibility index (Phi) is 4.74. The summed E-state index contributed by atoms with van der Waals surface area (Å²) in [7, 11) is 0. The van der Waals surface area contributed by atoms with Gasteiger partial charge in [-0.25, -0.2) is 0 Å². The molecular formula is C12H11ClOS. The number of carbonyl (C=O) groups excluding carboxylic acids is 1. The number of hydrogen-bond donors (Lipinski definition) is 1. The third kappa shape index (κ3) is 3.62. The minimum Gasteiger partial charge on any atom is -0.294 e. The van der Waals surface area contributed by atoms with Crippen LogP contribution in [0.1, 0.15) is 29.3 Å². The number of hydrogen-bond acceptors (Lipinski definition) is 2. The van der Waals surface area contributed by atoms with Crippen molar-refractivity contribution in [2.75, 3.05) is 5.75 Å². The molecule has 0 aliphatic carbocycles. The molecule has 3 heteroatoms. The Labute approximate surface area is 100 Å². The molecule has 1 aromatic carbocycles. The molecule has 0 radical (unpaired) electrons. The first-order valence-electron chi connectivity index (χ1n) is 4.55. The van der Waals surface area contributed by atoms with Crippen molar-refractivity contribution < 1.29 is 4.79 Å². The largest absolute Gasteiger partial charge is 0.294 e. The lowest BCUT2D eigenvalue weighted by Gasteiger charge is -1.99. The molecule has 78 valence electrons. The maximum Gasteiger partial charge on any atom is 0.161 e. The van der Waals surface area contributed by atoms with E-state index in [-0.39, 0.29) is 5.78 Å². The van der Waals surface area contributed by atoms with Crippen LogP contribution in [0.15, 0.2) is 18.2 Å². The van der Waals surface area contributed by atoms with E-state index in [4.69, 9.17) is 11.6 Å². The van der Waals surface area contributed by atoms with E-state index in [0.29, 0.717) is 10.6 Å². The summed E-state index contributed by atoms with van der Waals surface area (Å²) in [6.07, 6.45) is 0.745. The molecule has 0 aromatic heterocycles. The fourth-order valence-corrected chi connectivity index (χ4v) is 1.52. The molecule has 0 N–H and O–H groups in total. The zero-order chi connectivity index (χ0) is 11.3. The smallest absolute Gasteiger partial charge is 0.161 e. The predicted octanol–water partition coefficient (Wildman–Crippen LogP) is 3.21. The number of Topliss-reactive ketones (excluding diaryl/α,β-unsaturated/α-hetero) is 1. The second-order valence-electron chi connectivity index (χ2n) is 3.03.